The van der Waals surface area contributed by atoms with Gasteiger partial charge >= 0.3 is 0 Å². The maximum absolute atomic E-state index is 12.6. The number of aromatic nitrogens is 1. The Morgan fingerprint density at radius 1 is 1.16 bits per heavy atom. The number of amides is 1. The second kappa shape index (κ2) is 9.45. The second-order valence-electron chi connectivity index (χ2n) is 6.78. The summed E-state index contributed by atoms with van der Waals surface area (Å²) in [5, 5.41) is 23.6. The van der Waals surface area contributed by atoms with Gasteiger partial charge in [0.05, 0.1) is 20.7 Å². The fourth-order valence-electron chi connectivity index (χ4n) is 3.21. The normalized spacial score (nSPS) is 11.2. The van der Waals surface area contributed by atoms with Gasteiger partial charge in [-0.3, -0.25) is 14.9 Å². The summed E-state index contributed by atoms with van der Waals surface area (Å²) in [4.78, 5) is 23.1. The van der Waals surface area contributed by atoms with E-state index in [1.54, 1.807) is 37.3 Å². The molecule has 0 radical (unpaired) electrons. The molecular formula is C22H15Cl3N4O3. The molecule has 10 heteroatoms. The van der Waals surface area contributed by atoms with E-state index in [0.29, 0.717) is 16.9 Å². The lowest BCUT2D eigenvalue weighted by molar-refractivity contribution is -0.384. The summed E-state index contributed by atoms with van der Waals surface area (Å²) in [6, 6.07) is 12.9. The van der Waals surface area contributed by atoms with Crippen LogP contribution in [0.4, 0.5) is 11.4 Å². The first-order valence-corrected chi connectivity index (χ1v) is 10.3. The number of nitrogens with zero attached hydrogens (tertiary/aromatic N) is 3. The predicted octanol–water partition coefficient (Wildman–Crippen LogP) is 6.51. The maximum atomic E-state index is 12.6. The van der Waals surface area contributed by atoms with Crippen molar-refractivity contribution in [3.63, 3.8) is 0 Å². The highest BCUT2D eigenvalue weighted by atomic mass is 35.5. The van der Waals surface area contributed by atoms with Gasteiger partial charge in [-0.15, -0.1) is 0 Å². The minimum Gasteiger partial charge on any atom is -0.320 e. The van der Waals surface area contributed by atoms with Gasteiger partial charge < -0.3 is 9.88 Å². The average Bonchev–Trinajstić information content (AvgIpc) is 3.02. The van der Waals surface area contributed by atoms with Crippen molar-refractivity contribution in [3.8, 4) is 11.8 Å². The number of nitrogens with one attached hydrogen (secondary N) is 1. The van der Waals surface area contributed by atoms with Crippen molar-refractivity contribution in [2.45, 2.75) is 13.8 Å². The largest absolute Gasteiger partial charge is 0.320 e. The van der Waals surface area contributed by atoms with Crippen molar-refractivity contribution in [3.05, 3.63) is 90.2 Å². The van der Waals surface area contributed by atoms with Gasteiger partial charge in [0.15, 0.2) is 0 Å². The molecule has 0 fully saturated rings. The molecule has 0 atom stereocenters. The van der Waals surface area contributed by atoms with E-state index in [1.807, 2.05) is 17.6 Å². The van der Waals surface area contributed by atoms with Crippen molar-refractivity contribution >= 4 is 58.2 Å². The number of aryl methyl sites for hydroxylation is 1. The molecule has 3 rings (SSSR count). The fraction of sp³-hybridized carbons (Fsp3) is 0.0909. The highest BCUT2D eigenvalue weighted by Gasteiger charge is 2.18. The van der Waals surface area contributed by atoms with Gasteiger partial charge in [0, 0.05) is 23.1 Å². The van der Waals surface area contributed by atoms with E-state index in [-0.39, 0.29) is 32.0 Å². The van der Waals surface area contributed by atoms with Crippen LogP contribution in [0.2, 0.25) is 15.1 Å². The van der Waals surface area contributed by atoms with Gasteiger partial charge in [-0.2, -0.15) is 5.26 Å². The van der Waals surface area contributed by atoms with Crippen LogP contribution in [0, 0.1) is 35.3 Å². The number of anilines is 1. The van der Waals surface area contributed by atoms with Gasteiger partial charge in [0.1, 0.15) is 16.7 Å². The van der Waals surface area contributed by atoms with Crippen LogP contribution >= 0.6 is 34.8 Å². The summed E-state index contributed by atoms with van der Waals surface area (Å²) < 4.78 is 1.82. The average molecular weight is 490 g/mol. The maximum Gasteiger partial charge on any atom is 0.288 e. The number of hydrogen-bond acceptors (Lipinski definition) is 4. The molecule has 1 heterocycles. The third-order valence-corrected chi connectivity index (χ3v) is 5.84. The summed E-state index contributed by atoms with van der Waals surface area (Å²) in [5.74, 6) is -0.639. The first-order valence-electron chi connectivity index (χ1n) is 9.14. The summed E-state index contributed by atoms with van der Waals surface area (Å²) in [5.41, 5.74) is 2.70. The van der Waals surface area contributed by atoms with Crippen molar-refractivity contribution in [2.75, 3.05) is 5.32 Å². The van der Waals surface area contributed by atoms with E-state index in [1.165, 1.54) is 18.2 Å². The first kappa shape index (κ1) is 23.4. The van der Waals surface area contributed by atoms with Crippen molar-refractivity contribution in [2.24, 2.45) is 0 Å². The molecule has 0 aliphatic heterocycles. The van der Waals surface area contributed by atoms with Crippen molar-refractivity contribution < 1.29 is 9.72 Å². The van der Waals surface area contributed by atoms with Crippen LogP contribution in [-0.2, 0) is 4.79 Å². The number of nitriles is 1. The number of benzene rings is 2. The first-order chi connectivity index (χ1) is 15.1. The molecule has 0 bridgehead atoms. The highest BCUT2D eigenvalue weighted by molar-refractivity contribution is 6.44. The number of rotatable bonds is 5. The summed E-state index contributed by atoms with van der Waals surface area (Å²) in [6.07, 6.45) is 1.46. The molecule has 32 heavy (non-hydrogen) atoms. The monoisotopic (exact) mass is 488 g/mol. The standard InChI is InChI=1S/C22H15Cl3N4O3/c1-12-8-14(13(2)28(12)16-6-7-20(29(31)32)18(24)10-16)9-15(11-26)22(30)27-19-5-3-4-17(23)21(19)25/h3-10H,1-2H3,(H,27,30)/b15-9-. The van der Waals surface area contributed by atoms with Crippen LogP contribution in [0.3, 0.4) is 0 Å². The molecule has 0 saturated carbocycles. The molecule has 1 aromatic heterocycles. The molecule has 0 aliphatic carbocycles. The van der Waals surface area contributed by atoms with E-state index < -0.39 is 10.8 Å². The zero-order chi connectivity index (χ0) is 23.6. The quantitative estimate of drug-likeness (QED) is 0.191. The molecule has 0 spiro atoms. The summed E-state index contributed by atoms with van der Waals surface area (Å²) >= 11 is 18.1. The van der Waals surface area contributed by atoms with Crippen LogP contribution in [-0.4, -0.2) is 15.4 Å². The highest BCUT2D eigenvalue weighted by Crippen LogP contribution is 2.31. The number of carbonyl (C=O) groups excluding carboxylic acids is 1. The van der Waals surface area contributed by atoms with Crippen LogP contribution in [0.15, 0.2) is 48.0 Å². The molecule has 1 N–H and O–H groups in total. The van der Waals surface area contributed by atoms with E-state index in [0.717, 1.165) is 5.69 Å². The van der Waals surface area contributed by atoms with Crippen molar-refractivity contribution in [1.29, 1.82) is 5.26 Å². The van der Waals surface area contributed by atoms with Gasteiger partial charge in [0.2, 0.25) is 0 Å². The number of hydrogen-bond donors (Lipinski definition) is 1. The van der Waals surface area contributed by atoms with Gasteiger partial charge in [0.25, 0.3) is 11.6 Å². The lowest BCUT2D eigenvalue weighted by Gasteiger charge is -2.10. The summed E-state index contributed by atoms with van der Waals surface area (Å²) in [6.45, 7) is 3.63. The Hall–Kier alpha value is -3.31. The third-order valence-electron chi connectivity index (χ3n) is 4.72. The fourth-order valence-corrected chi connectivity index (χ4v) is 3.80. The number of halogens is 3. The molecule has 0 saturated heterocycles. The molecule has 3 aromatic rings. The Morgan fingerprint density at radius 3 is 2.50 bits per heavy atom. The topological polar surface area (TPSA) is 101 Å². The molecule has 162 valence electrons. The zero-order valence-corrected chi connectivity index (χ0v) is 19.1. The molecule has 0 unspecified atom stereocenters. The lowest BCUT2D eigenvalue weighted by Crippen LogP contribution is -2.13. The van der Waals surface area contributed by atoms with Crippen LogP contribution < -0.4 is 5.32 Å². The second-order valence-corrected chi connectivity index (χ2v) is 7.97. The van der Waals surface area contributed by atoms with Gasteiger partial charge in [-0.25, -0.2) is 0 Å². The van der Waals surface area contributed by atoms with Crippen LogP contribution in [0.1, 0.15) is 17.0 Å². The number of nitro groups is 1. The van der Waals surface area contributed by atoms with E-state index in [4.69, 9.17) is 34.8 Å². The minimum atomic E-state index is -0.639. The Kier molecular flexibility index (Phi) is 6.90. The van der Waals surface area contributed by atoms with Gasteiger partial charge in [-0.05, 0) is 55.8 Å². The van der Waals surface area contributed by atoms with Gasteiger partial charge in [-0.1, -0.05) is 40.9 Å². The third kappa shape index (κ3) is 4.63. The minimum absolute atomic E-state index is 0.00702. The predicted molar refractivity (Wildman–Crippen MR) is 126 cm³/mol. The SMILES string of the molecule is Cc1cc(/C=C(/C#N)C(=O)Nc2cccc(Cl)c2Cl)c(C)n1-c1ccc([N+](=O)[O-])c(Cl)c1. The van der Waals surface area contributed by atoms with E-state index in [9.17, 15) is 20.2 Å². The van der Waals surface area contributed by atoms with Crippen LogP contribution in [0.5, 0.6) is 0 Å². The van der Waals surface area contributed by atoms with E-state index in [2.05, 4.69) is 5.32 Å². The summed E-state index contributed by atoms with van der Waals surface area (Å²) in [7, 11) is 0. The Balaban J connectivity index is 1.97. The molecular weight excluding hydrogens is 475 g/mol. The molecule has 2 aromatic carbocycles. The van der Waals surface area contributed by atoms with Crippen LogP contribution in [0.25, 0.3) is 11.8 Å². The smallest absolute Gasteiger partial charge is 0.288 e. The lowest BCUT2D eigenvalue weighted by atomic mass is 10.1. The Labute approximate surface area is 198 Å². The van der Waals surface area contributed by atoms with E-state index >= 15 is 0 Å². The number of nitro benzene ring substituents is 1. The van der Waals surface area contributed by atoms with Crippen molar-refractivity contribution in [1.82, 2.24) is 4.57 Å². The molecule has 1 amide bonds. The number of carbonyl (C=O) groups is 1. The Bertz CT molecular complexity index is 1320. The molecule has 0 aliphatic rings. The Morgan fingerprint density at radius 2 is 1.88 bits per heavy atom. The molecule has 7 nitrogen and oxygen atoms in total. The zero-order valence-electron chi connectivity index (χ0n) is 16.8.